The van der Waals surface area contributed by atoms with Crippen molar-refractivity contribution in [3.8, 4) is 0 Å². The summed E-state index contributed by atoms with van der Waals surface area (Å²) in [6.45, 7) is 0. The Balaban J connectivity index is 1.93. The van der Waals surface area contributed by atoms with Gasteiger partial charge in [-0.2, -0.15) is 0 Å². The number of fused-ring (bicyclic) bond motifs is 1. The molecule has 3 N–H and O–H groups in total. The van der Waals surface area contributed by atoms with E-state index >= 15 is 0 Å². The zero-order chi connectivity index (χ0) is 17.3. The summed E-state index contributed by atoms with van der Waals surface area (Å²) in [4.78, 5) is 22.7. The van der Waals surface area contributed by atoms with Gasteiger partial charge in [0.05, 0.1) is 11.3 Å². The fraction of sp³-hybridized carbons (Fsp3) is 0.111. The topological polar surface area (TPSA) is 86.6 Å². The lowest BCUT2D eigenvalue weighted by atomic mass is 10.0. The number of carboxylic acid groups (broad SMARTS) is 1. The van der Waals surface area contributed by atoms with Crippen LogP contribution in [0.1, 0.15) is 23.1 Å². The Morgan fingerprint density at radius 2 is 1.79 bits per heavy atom. The van der Waals surface area contributed by atoms with Crippen LogP contribution in [0.25, 0.3) is 11.3 Å². The van der Waals surface area contributed by atoms with Crippen LogP contribution in [0.2, 0.25) is 0 Å². The molecule has 6 heteroatoms. The Hall–Kier alpha value is -3.15. The molecular formula is C18H14FNO4. The molecule has 122 valence electrons. The normalized spacial score (nSPS) is 15.0. The zero-order valence-corrected chi connectivity index (χ0v) is 12.5. The number of carboxylic acids is 1. The predicted molar refractivity (Wildman–Crippen MR) is 86.9 cm³/mol. The van der Waals surface area contributed by atoms with E-state index in [0.29, 0.717) is 23.2 Å². The monoisotopic (exact) mass is 327 g/mol. The van der Waals surface area contributed by atoms with Gasteiger partial charge in [0, 0.05) is 17.5 Å². The summed E-state index contributed by atoms with van der Waals surface area (Å²) in [6, 6.07) is 10.5. The molecule has 0 saturated heterocycles. The number of amides is 1. The SMILES string of the molecule is O=C(O)CCc1ccc(C(O)=C2C(=O)Nc3cc(F)ccc32)cc1. The smallest absolute Gasteiger partial charge is 0.303 e. The lowest BCUT2D eigenvalue weighted by Crippen LogP contribution is -2.06. The largest absolute Gasteiger partial charge is 0.506 e. The highest BCUT2D eigenvalue weighted by Crippen LogP contribution is 2.36. The Labute approximate surface area is 137 Å². The first kappa shape index (κ1) is 15.7. The molecule has 2 aromatic carbocycles. The number of hydrogen-bond donors (Lipinski definition) is 3. The molecule has 0 unspecified atom stereocenters. The second-order valence-electron chi connectivity index (χ2n) is 5.46. The van der Waals surface area contributed by atoms with E-state index in [1.54, 1.807) is 24.3 Å². The quantitative estimate of drug-likeness (QED) is 0.594. The molecule has 24 heavy (non-hydrogen) atoms. The van der Waals surface area contributed by atoms with Crippen molar-refractivity contribution >= 4 is 28.9 Å². The first-order valence-corrected chi connectivity index (χ1v) is 7.31. The maximum atomic E-state index is 13.2. The summed E-state index contributed by atoms with van der Waals surface area (Å²) < 4.78 is 13.2. The van der Waals surface area contributed by atoms with Crippen molar-refractivity contribution < 1.29 is 24.2 Å². The lowest BCUT2D eigenvalue weighted by molar-refractivity contribution is -0.137. The first-order chi connectivity index (χ1) is 11.5. The highest BCUT2D eigenvalue weighted by atomic mass is 19.1. The number of aliphatic carboxylic acids is 1. The first-order valence-electron chi connectivity index (χ1n) is 7.31. The molecule has 5 nitrogen and oxygen atoms in total. The summed E-state index contributed by atoms with van der Waals surface area (Å²) in [5.74, 6) is -2.06. The number of rotatable bonds is 4. The molecule has 0 fully saturated rings. The number of aliphatic hydroxyl groups excluding tert-OH is 1. The number of nitrogens with one attached hydrogen (secondary N) is 1. The van der Waals surface area contributed by atoms with Crippen LogP contribution in [-0.4, -0.2) is 22.1 Å². The third-order valence-electron chi connectivity index (χ3n) is 3.82. The van der Waals surface area contributed by atoms with Crippen molar-refractivity contribution in [2.24, 2.45) is 0 Å². The van der Waals surface area contributed by atoms with E-state index in [1.807, 2.05) is 0 Å². The molecule has 1 aliphatic heterocycles. The minimum Gasteiger partial charge on any atom is -0.506 e. The number of hydrogen-bond acceptors (Lipinski definition) is 3. The fourth-order valence-electron chi connectivity index (χ4n) is 2.61. The van der Waals surface area contributed by atoms with Gasteiger partial charge in [-0.15, -0.1) is 0 Å². The molecule has 3 rings (SSSR count). The van der Waals surface area contributed by atoms with Gasteiger partial charge < -0.3 is 15.5 Å². The van der Waals surface area contributed by atoms with Gasteiger partial charge in [0.25, 0.3) is 5.91 Å². The van der Waals surface area contributed by atoms with Crippen LogP contribution in [-0.2, 0) is 16.0 Å². The van der Waals surface area contributed by atoms with Crippen LogP contribution in [0, 0.1) is 5.82 Å². The molecule has 1 heterocycles. The Morgan fingerprint density at radius 1 is 1.08 bits per heavy atom. The van der Waals surface area contributed by atoms with E-state index in [1.165, 1.54) is 18.2 Å². The molecule has 0 spiro atoms. The highest BCUT2D eigenvalue weighted by molar-refractivity contribution is 6.36. The zero-order valence-electron chi connectivity index (χ0n) is 12.5. The van der Waals surface area contributed by atoms with E-state index in [2.05, 4.69) is 5.32 Å². The Kier molecular flexibility index (Phi) is 4.04. The summed E-state index contributed by atoms with van der Waals surface area (Å²) in [5.41, 5.74) is 2.09. The number of anilines is 1. The van der Waals surface area contributed by atoms with Gasteiger partial charge in [0.15, 0.2) is 0 Å². The van der Waals surface area contributed by atoms with Crippen molar-refractivity contribution in [1.29, 1.82) is 0 Å². The molecule has 1 aliphatic rings. The number of carbonyl (C=O) groups excluding carboxylic acids is 1. The fourth-order valence-corrected chi connectivity index (χ4v) is 2.61. The van der Waals surface area contributed by atoms with E-state index in [-0.39, 0.29) is 17.8 Å². The number of benzene rings is 2. The van der Waals surface area contributed by atoms with Gasteiger partial charge in [-0.1, -0.05) is 24.3 Å². The van der Waals surface area contributed by atoms with Crippen molar-refractivity contribution in [1.82, 2.24) is 0 Å². The summed E-state index contributed by atoms with van der Waals surface area (Å²) in [6.07, 6.45) is 0.406. The van der Waals surface area contributed by atoms with Crippen molar-refractivity contribution in [2.75, 3.05) is 5.32 Å². The van der Waals surface area contributed by atoms with E-state index < -0.39 is 17.7 Å². The molecule has 1 amide bonds. The van der Waals surface area contributed by atoms with Crippen molar-refractivity contribution in [3.05, 3.63) is 65.0 Å². The van der Waals surface area contributed by atoms with Gasteiger partial charge >= 0.3 is 5.97 Å². The number of carbonyl (C=O) groups is 2. The van der Waals surface area contributed by atoms with Crippen LogP contribution < -0.4 is 5.32 Å². The van der Waals surface area contributed by atoms with Crippen LogP contribution in [0.3, 0.4) is 0 Å². The summed E-state index contributed by atoms with van der Waals surface area (Å²) in [5, 5.41) is 21.7. The van der Waals surface area contributed by atoms with Gasteiger partial charge in [0.1, 0.15) is 11.6 Å². The number of aryl methyl sites for hydroxylation is 1. The van der Waals surface area contributed by atoms with Crippen LogP contribution in [0.5, 0.6) is 0 Å². The molecule has 0 atom stereocenters. The molecule has 0 saturated carbocycles. The molecule has 0 radical (unpaired) electrons. The maximum absolute atomic E-state index is 13.2. The predicted octanol–water partition coefficient (Wildman–Crippen LogP) is 3.22. The average molecular weight is 327 g/mol. The van der Waals surface area contributed by atoms with Crippen LogP contribution in [0.15, 0.2) is 42.5 Å². The second kappa shape index (κ2) is 6.16. The van der Waals surface area contributed by atoms with Crippen LogP contribution in [0.4, 0.5) is 10.1 Å². The highest BCUT2D eigenvalue weighted by Gasteiger charge is 2.28. The number of halogens is 1. The third kappa shape index (κ3) is 2.99. The molecule has 0 aliphatic carbocycles. The van der Waals surface area contributed by atoms with E-state index in [0.717, 1.165) is 5.56 Å². The van der Waals surface area contributed by atoms with Gasteiger partial charge in [-0.25, -0.2) is 4.39 Å². The van der Waals surface area contributed by atoms with Gasteiger partial charge in [-0.3, -0.25) is 9.59 Å². The molecule has 0 bridgehead atoms. The molecular weight excluding hydrogens is 313 g/mol. The molecule has 2 aromatic rings. The second-order valence-corrected chi connectivity index (χ2v) is 5.46. The summed E-state index contributed by atoms with van der Waals surface area (Å²) in [7, 11) is 0. The van der Waals surface area contributed by atoms with Crippen molar-refractivity contribution in [2.45, 2.75) is 12.8 Å². The van der Waals surface area contributed by atoms with Gasteiger partial charge in [0.2, 0.25) is 0 Å². The minimum absolute atomic E-state index is 0.0216. The Bertz CT molecular complexity index is 856. The van der Waals surface area contributed by atoms with Gasteiger partial charge in [-0.05, 0) is 30.2 Å². The average Bonchev–Trinajstić information content (AvgIpc) is 2.87. The third-order valence-corrected chi connectivity index (χ3v) is 3.82. The lowest BCUT2D eigenvalue weighted by Gasteiger charge is -2.06. The molecule has 0 aromatic heterocycles. The van der Waals surface area contributed by atoms with Crippen molar-refractivity contribution in [3.63, 3.8) is 0 Å². The standard InChI is InChI=1S/C18H14FNO4/c19-12-6-7-13-14(9-12)20-18(24)16(13)17(23)11-4-1-10(2-5-11)3-8-15(21)22/h1-2,4-7,9,23H,3,8H2,(H,20,24)(H,21,22). The van der Waals surface area contributed by atoms with Crippen LogP contribution >= 0.6 is 0 Å². The minimum atomic E-state index is -0.879. The maximum Gasteiger partial charge on any atom is 0.303 e. The Morgan fingerprint density at radius 3 is 2.46 bits per heavy atom. The number of aliphatic hydroxyl groups is 1. The van der Waals surface area contributed by atoms with E-state index in [9.17, 15) is 19.1 Å². The summed E-state index contributed by atoms with van der Waals surface area (Å²) >= 11 is 0. The van der Waals surface area contributed by atoms with E-state index in [4.69, 9.17) is 5.11 Å².